The number of guanidine groups is 1. The molecule has 2 N–H and O–H groups in total. The molecular formula is C16H34IN3O3. The first kappa shape index (κ1) is 22.9. The topological polar surface area (TPSA) is 64.1 Å². The zero-order chi connectivity index (χ0) is 15.9. The molecule has 0 aromatic rings. The summed E-state index contributed by atoms with van der Waals surface area (Å²) in [5.74, 6) is 1.53. The molecule has 0 aromatic carbocycles. The molecule has 0 bridgehead atoms. The number of hydrogen-bond donors (Lipinski definition) is 2. The molecule has 0 saturated carbocycles. The third kappa shape index (κ3) is 12.9. The van der Waals surface area contributed by atoms with Crippen molar-refractivity contribution in [3.05, 3.63) is 0 Å². The zero-order valence-corrected chi connectivity index (χ0v) is 17.0. The monoisotopic (exact) mass is 443 g/mol. The summed E-state index contributed by atoms with van der Waals surface area (Å²) in [6.45, 7) is 11.3. The maximum absolute atomic E-state index is 5.74. The molecule has 1 aliphatic rings. The predicted octanol–water partition coefficient (Wildman–Crippen LogP) is 2.03. The maximum Gasteiger partial charge on any atom is 0.191 e. The Kier molecular flexibility index (Phi) is 16.6. The fourth-order valence-electron chi connectivity index (χ4n) is 2.25. The third-order valence-electron chi connectivity index (χ3n) is 3.50. The lowest BCUT2D eigenvalue weighted by Crippen LogP contribution is -2.39. The Hall–Kier alpha value is -0.120. The first-order chi connectivity index (χ1) is 10.9. The lowest BCUT2D eigenvalue weighted by Gasteiger charge is -2.21. The maximum atomic E-state index is 5.74. The van der Waals surface area contributed by atoms with E-state index < -0.39 is 0 Å². The molecule has 1 heterocycles. The van der Waals surface area contributed by atoms with Crippen molar-refractivity contribution in [3.8, 4) is 0 Å². The van der Waals surface area contributed by atoms with E-state index in [0.717, 1.165) is 77.9 Å². The SMILES string of the molecule is CCNC(=NCCCOCC1CCOCC1)NCCOCC.I. The summed E-state index contributed by atoms with van der Waals surface area (Å²) in [7, 11) is 0. The largest absolute Gasteiger partial charge is 0.381 e. The molecule has 7 heteroatoms. The Morgan fingerprint density at radius 2 is 1.91 bits per heavy atom. The second kappa shape index (κ2) is 16.7. The summed E-state index contributed by atoms with van der Waals surface area (Å²) in [5.41, 5.74) is 0. The summed E-state index contributed by atoms with van der Waals surface area (Å²) < 4.78 is 16.4. The first-order valence-corrected chi connectivity index (χ1v) is 8.62. The van der Waals surface area contributed by atoms with E-state index in [-0.39, 0.29) is 24.0 Å². The van der Waals surface area contributed by atoms with E-state index in [4.69, 9.17) is 14.2 Å². The van der Waals surface area contributed by atoms with Crippen molar-refractivity contribution in [2.24, 2.45) is 10.9 Å². The van der Waals surface area contributed by atoms with E-state index >= 15 is 0 Å². The number of hydrogen-bond acceptors (Lipinski definition) is 4. The van der Waals surface area contributed by atoms with Crippen LogP contribution in [0.1, 0.15) is 33.1 Å². The van der Waals surface area contributed by atoms with E-state index in [1.165, 1.54) is 0 Å². The Morgan fingerprint density at radius 3 is 2.61 bits per heavy atom. The second-order valence-electron chi connectivity index (χ2n) is 5.37. The van der Waals surface area contributed by atoms with Crippen LogP contribution in [0, 0.1) is 5.92 Å². The van der Waals surface area contributed by atoms with E-state index in [2.05, 4.69) is 22.5 Å². The van der Waals surface area contributed by atoms with Crippen LogP contribution in [0.5, 0.6) is 0 Å². The number of rotatable bonds is 11. The molecule has 138 valence electrons. The molecule has 6 nitrogen and oxygen atoms in total. The molecular weight excluding hydrogens is 409 g/mol. The minimum atomic E-state index is 0. The van der Waals surface area contributed by atoms with Gasteiger partial charge in [0.05, 0.1) is 6.61 Å². The van der Waals surface area contributed by atoms with Gasteiger partial charge in [-0.2, -0.15) is 0 Å². The van der Waals surface area contributed by atoms with Gasteiger partial charge in [0.1, 0.15) is 0 Å². The number of aliphatic imine (C=N–C) groups is 1. The van der Waals surface area contributed by atoms with Crippen molar-refractivity contribution in [1.82, 2.24) is 10.6 Å². The molecule has 0 amide bonds. The van der Waals surface area contributed by atoms with Crippen molar-refractivity contribution in [2.75, 3.05) is 59.3 Å². The average molecular weight is 443 g/mol. The molecule has 0 atom stereocenters. The summed E-state index contributed by atoms with van der Waals surface area (Å²) in [4.78, 5) is 4.53. The van der Waals surface area contributed by atoms with Crippen molar-refractivity contribution < 1.29 is 14.2 Å². The summed E-state index contributed by atoms with van der Waals surface area (Å²) >= 11 is 0. The summed E-state index contributed by atoms with van der Waals surface area (Å²) in [6, 6.07) is 0. The molecule has 0 radical (unpaired) electrons. The van der Waals surface area contributed by atoms with Crippen LogP contribution < -0.4 is 10.6 Å². The molecule has 1 saturated heterocycles. The van der Waals surface area contributed by atoms with Crippen molar-refractivity contribution in [2.45, 2.75) is 33.1 Å². The van der Waals surface area contributed by atoms with Gasteiger partial charge in [0.2, 0.25) is 0 Å². The summed E-state index contributed by atoms with van der Waals surface area (Å²) in [6.07, 6.45) is 3.21. The van der Waals surface area contributed by atoms with Gasteiger partial charge in [-0.25, -0.2) is 0 Å². The normalized spacial score (nSPS) is 16.0. The van der Waals surface area contributed by atoms with Crippen molar-refractivity contribution in [1.29, 1.82) is 0 Å². The lowest BCUT2D eigenvalue weighted by molar-refractivity contribution is 0.0205. The number of ether oxygens (including phenoxy) is 3. The van der Waals surface area contributed by atoms with Crippen LogP contribution in [0.2, 0.25) is 0 Å². The average Bonchev–Trinajstić information content (AvgIpc) is 2.55. The highest BCUT2D eigenvalue weighted by Crippen LogP contribution is 2.14. The number of nitrogens with zero attached hydrogens (tertiary/aromatic N) is 1. The van der Waals surface area contributed by atoms with Crippen LogP contribution in [0.3, 0.4) is 0 Å². The van der Waals surface area contributed by atoms with Crippen LogP contribution in [0.4, 0.5) is 0 Å². The van der Waals surface area contributed by atoms with Gasteiger partial charge in [-0.05, 0) is 39.0 Å². The molecule has 0 aliphatic carbocycles. The van der Waals surface area contributed by atoms with Gasteiger partial charge in [-0.3, -0.25) is 4.99 Å². The highest BCUT2D eigenvalue weighted by Gasteiger charge is 2.13. The van der Waals surface area contributed by atoms with E-state index in [1.807, 2.05) is 6.92 Å². The highest BCUT2D eigenvalue weighted by atomic mass is 127. The van der Waals surface area contributed by atoms with Gasteiger partial charge in [-0.15, -0.1) is 24.0 Å². The minimum Gasteiger partial charge on any atom is -0.381 e. The van der Waals surface area contributed by atoms with Gasteiger partial charge in [-0.1, -0.05) is 0 Å². The first-order valence-electron chi connectivity index (χ1n) is 8.62. The Morgan fingerprint density at radius 1 is 1.13 bits per heavy atom. The van der Waals surface area contributed by atoms with Crippen LogP contribution in [-0.4, -0.2) is 65.2 Å². The molecule has 1 rings (SSSR count). The van der Waals surface area contributed by atoms with Gasteiger partial charge < -0.3 is 24.8 Å². The molecule has 23 heavy (non-hydrogen) atoms. The third-order valence-corrected chi connectivity index (χ3v) is 3.50. The van der Waals surface area contributed by atoms with E-state index in [0.29, 0.717) is 12.5 Å². The standard InChI is InChI=1S/C16H33N3O3.HI/c1-3-17-16(19-9-13-20-4-2)18-8-5-10-22-14-15-6-11-21-12-7-15;/h15H,3-14H2,1-2H3,(H2,17,18,19);1H. The molecule has 0 spiro atoms. The quantitative estimate of drug-likeness (QED) is 0.222. The Labute approximate surface area is 158 Å². The van der Waals surface area contributed by atoms with Crippen molar-refractivity contribution in [3.63, 3.8) is 0 Å². The smallest absolute Gasteiger partial charge is 0.191 e. The van der Waals surface area contributed by atoms with Gasteiger partial charge in [0, 0.05) is 52.7 Å². The fourth-order valence-corrected chi connectivity index (χ4v) is 2.25. The summed E-state index contributed by atoms with van der Waals surface area (Å²) in [5, 5.41) is 6.49. The molecule has 0 unspecified atom stereocenters. The van der Waals surface area contributed by atoms with Crippen molar-refractivity contribution >= 4 is 29.9 Å². The van der Waals surface area contributed by atoms with Crippen LogP contribution >= 0.6 is 24.0 Å². The van der Waals surface area contributed by atoms with Gasteiger partial charge in [0.25, 0.3) is 0 Å². The molecule has 1 aliphatic heterocycles. The van der Waals surface area contributed by atoms with Crippen LogP contribution in [-0.2, 0) is 14.2 Å². The second-order valence-corrected chi connectivity index (χ2v) is 5.37. The Bertz CT molecular complexity index is 288. The number of halogens is 1. The molecule has 0 aromatic heterocycles. The fraction of sp³-hybridized carbons (Fsp3) is 0.938. The van der Waals surface area contributed by atoms with Gasteiger partial charge in [0.15, 0.2) is 5.96 Å². The minimum absolute atomic E-state index is 0. The Balaban J connectivity index is 0.00000484. The zero-order valence-electron chi connectivity index (χ0n) is 14.6. The number of nitrogens with one attached hydrogen (secondary N) is 2. The molecule has 1 fully saturated rings. The van der Waals surface area contributed by atoms with Crippen LogP contribution in [0.15, 0.2) is 4.99 Å². The lowest BCUT2D eigenvalue weighted by atomic mass is 10.0. The van der Waals surface area contributed by atoms with Gasteiger partial charge >= 0.3 is 0 Å². The van der Waals surface area contributed by atoms with E-state index in [9.17, 15) is 0 Å². The predicted molar refractivity (Wildman–Crippen MR) is 105 cm³/mol. The van der Waals surface area contributed by atoms with E-state index in [1.54, 1.807) is 0 Å². The highest BCUT2D eigenvalue weighted by molar-refractivity contribution is 14.0. The van der Waals surface area contributed by atoms with Crippen LogP contribution in [0.25, 0.3) is 0 Å².